The third-order valence-electron chi connectivity index (χ3n) is 5.05. The van der Waals surface area contributed by atoms with Crippen LogP contribution in [0.1, 0.15) is 30.2 Å². The molecule has 1 aromatic heterocycles. The summed E-state index contributed by atoms with van der Waals surface area (Å²) in [4.78, 5) is 24.8. The number of carbonyl (C=O) groups is 1. The second kappa shape index (κ2) is 7.77. The molecule has 0 unspecified atom stereocenters. The normalized spacial score (nSPS) is 15.1. The summed E-state index contributed by atoms with van der Waals surface area (Å²) in [7, 11) is 0. The second-order valence-electron chi connectivity index (χ2n) is 6.88. The second-order valence-corrected chi connectivity index (χ2v) is 6.88. The number of benzene rings is 1. The number of aromatic nitrogens is 2. The summed E-state index contributed by atoms with van der Waals surface area (Å²) < 4.78 is 39.1. The zero-order chi connectivity index (χ0) is 20.5. The lowest BCUT2D eigenvalue weighted by atomic mass is 10.1. The molecule has 0 N–H and O–H groups in total. The van der Waals surface area contributed by atoms with Crippen molar-refractivity contribution in [2.45, 2.75) is 33.4 Å². The van der Waals surface area contributed by atoms with Crippen LogP contribution < -0.4 is 4.90 Å². The number of hydrogen-bond acceptors (Lipinski definition) is 4. The summed E-state index contributed by atoms with van der Waals surface area (Å²) in [5.74, 6) is 1.11. The van der Waals surface area contributed by atoms with Crippen LogP contribution >= 0.6 is 0 Å². The molecule has 0 aliphatic carbocycles. The average molecular weight is 392 g/mol. The van der Waals surface area contributed by atoms with Crippen LogP contribution in [0.25, 0.3) is 11.4 Å². The van der Waals surface area contributed by atoms with Crippen molar-refractivity contribution in [2.24, 2.45) is 0 Å². The van der Waals surface area contributed by atoms with Gasteiger partial charge in [0.15, 0.2) is 5.82 Å². The first kappa shape index (κ1) is 20.1. The third-order valence-corrected chi connectivity index (χ3v) is 5.05. The smallest absolute Gasteiger partial charge is 0.353 e. The number of carbonyl (C=O) groups excluding carboxylic acids is 1. The predicted octanol–water partition coefficient (Wildman–Crippen LogP) is 3.84. The SMILES string of the molecule is CCC(=O)N1CCN(c2nc(-c3cccc(C(F)(F)F)c3)nc(C)c2C)CC1. The summed E-state index contributed by atoms with van der Waals surface area (Å²) in [6.45, 7) is 8.05. The van der Waals surface area contributed by atoms with E-state index in [9.17, 15) is 18.0 Å². The number of aryl methyl sites for hydroxylation is 1. The Balaban J connectivity index is 1.91. The van der Waals surface area contributed by atoms with Gasteiger partial charge in [-0.25, -0.2) is 9.97 Å². The molecule has 0 bridgehead atoms. The maximum absolute atomic E-state index is 13.0. The van der Waals surface area contributed by atoms with Crippen LogP contribution in [0.4, 0.5) is 19.0 Å². The van der Waals surface area contributed by atoms with E-state index in [0.717, 1.165) is 23.4 Å². The van der Waals surface area contributed by atoms with Gasteiger partial charge >= 0.3 is 6.18 Å². The first-order valence-corrected chi connectivity index (χ1v) is 9.26. The lowest BCUT2D eigenvalue weighted by molar-refractivity contribution is -0.137. The number of hydrogen-bond donors (Lipinski definition) is 0. The molecule has 2 aromatic rings. The van der Waals surface area contributed by atoms with Crippen LogP contribution in [0.2, 0.25) is 0 Å². The maximum atomic E-state index is 13.0. The van der Waals surface area contributed by atoms with Gasteiger partial charge in [0, 0.05) is 49.4 Å². The number of halogens is 3. The van der Waals surface area contributed by atoms with E-state index < -0.39 is 11.7 Å². The summed E-state index contributed by atoms with van der Waals surface area (Å²) in [6.07, 6.45) is -3.94. The van der Waals surface area contributed by atoms with Gasteiger partial charge in [-0.15, -0.1) is 0 Å². The zero-order valence-corrected chi connectivity index (χ0v) is 16.2. The van der Waals surface area contributed by atoms with Crippen molar-refractivity contribution in [3.05, 3.63) is 41.1 Å². The molecule has 1 aliphatic heterocycles. The minimum Gasteiger partial charge on any atom is -0.353 e. The van der Waals surface area contributed by atoms with Gasteiger partial charge in [-0.3, -0.25) is 4.79 Å². The summed E-state index contributed by atoms with van der Waals surface area (Å²) in [5.41, 5.74) is 1.23. The van der Waals surface area contributed by atoms with E-state index in [4.69, 9.17) is 0 Å². The molecule has 0 radical (unpaired) electrons. The van der Waals surface area contributed by atoms with Crippen molar-refractivity contribution in [1.82, 2.24) is 14.9 Å². The van der Waals surface area contributed by atoms with Crippen molar-refractivity contribution in [2.75, 3.05) is 31.1 Å². The number of anilines is 1. The lowest BCUT2D eigenvalue weighted by Crippen LogP contribution is -2.49. The Bertz CT molecular complexity index is 874. The van der Waals surface area contributed by atoms with Gasteiger partial charge < -0.3 is 9.80 Å². The fourth-order valence-corrected chi connectivity index (χ4v) is 3.28. The summed E-state index contributed by atoms with van der Waals surface area (Å²) >= 11 is 0. The number of piperazine rings is 1. The molecule has 5 nitrogen and oxygen atoms in total. The van der Waals surface area contributed by atoms with Gasteiger partial charge in [0.2, 0.25) is 5.91 Å². The van der Waals surface area contributed by atoms with Gasteiger partial charge in [-0.2, -0.15) is 13.2 Å². The molecule has 1 saturated heterocycles. The molecule has 2 heterocycles. The molecular weight excluding hydrogens is 369 g/mol. The lowest BCUT2D eigenvalue weighted by Gasteiger charge is -2.36. The Morgan fingerprint density at radius 2 is 1.79 bits per heavy atom. The molecule has 0 spiro atoms. The zero-order valence-electron chi connectivity index (χ0n) is 16.2. The highest BCUT2D eigenvalue weighted by atomic mass is 19.4. The quantitative estimate of drug-likeness (QED) is 0.797. The molecule has 0 atom stereocenters. The standard InChI is InChI=1S/C20H23F3N4O/c1-4-17(28)26-8-10-27(11-9-26)19-13(2)14(3)24-18(25-19)15-6-5-7-16(12-15)20(21,22)23/h5-7,12H,4,8-11H2,1-3H3. The van der Waals surface area contributed by atoms with Crippen LogP contribution in [0.3, 0.4) is 0 Å². The van der Waals surface area contributed by atoms with Crippen molar-refractivity contribution in [3.63, 3.8) is 0 Å². The fourth-order valence-electron chi connectivity index (χ4n) is 3.28. The van der Waals surface area contributed by atoms with Crippen molar-refractivity contribution < 1.29 is 18.0 Å². The molecule has 150 valence electrons. The van der Waals surface area contributed by atoms with Gasteiger partial charge in [0.05, 0.1) is 5.56 Å². The number of rotatable bonds is 3. The van der Waals surface area contributed by atoms with Gasteiger partial charge in [0.1, 0.15) is 5.82 Å². The first-order valence-electron chi connectivity index (χ1n) is 9.26. The highest BCUT2D eigenvalue weighted by molar-refractivity contribution is 5.76. The number of alkyl halides is 3. The minimum absolute atomic E-state index is 0.125. The van der Waals surface area contributed by atoms with Crippen LogP contribution in [0.15, 0.2) is 24.3 Å². The van der Waals surface area contributed by atoms with Crippen LogP contribution in [0.5, 0.6) is 0 Å². The van der Waals surface area contributed by atoms with Crippen LogP contribution in [-0.2, 0) is 11.0 Å². The Hall–Kier alpha value is -2.64. The molecule has 1 fully saturated rings. The average Bonchev–Trinajstić information content (AvgIpc) is 2.69. The minimum atomic E-state index is -4.42. The van der Waals surface area contributed by atoms with Crippen LogP contribution in [-0.4, -0.2) is 47.0 Å². The van der Waals surface area contributed by atoms with E-state index in [0.29, 0.717) is 44.0 Å². The van der Waals surface area contributed by atoms with E-state index >= 15 is 0 Å². The van der Waals surface area contributed by atoms with Gasteiger partial charge in [-0.05, 0) is 26.0 Å². The number of amides is 1. The molecule has 3 rings (SSSR count). The largest absolute Gasteiger partial charge is 0.416 e. The van der Waals surface area contributed by atoms with E-state index in [2.05, 4.69) is 14.9 Å². The molecular formula is C20H23F3N4O. The van der Waals surface area contributed by atoms with E-state index in [1.165, 1.54) is 6.07 Å². The molecule has 8 heteroatoms. The fraction of sp³-hybridized carbons (Fsp3) is 0.450. The molecule has 1 aliphatic rings. The molecule has 0 saturated carbocycles. The summed E-state index contributed by atoms with van der Waals surface area (Å²) in [6, 6.07) is 5.06. The highest BCUT2D eigenvalue weighted by Crippen LogP contribution is 2.32. The van der Waals surface area contributed by atoms with E-state index in [1.807, 2.05) is 25.7 Å². The topological polar surface area (TPSA) is 49.3 Å². The van der Waals surface area contributed by atoms with Gasteiger partial charge in [0.25, 0.3) is 0 Å². The predicted molar refractivity (Wildman–Crippen MR) is 101 cm³/mol. The number of nitrogens with zero attached hydrogens (tertiary/aromatic N) is 4. The monoisotopic (exact) mass is 392 g/mol. The van der Waals surface area contributed by atoms with Crippen molar-refractivity contribution in [3.8, 4) is 11.4 Å². The molecule has 1 amide bonds. The Kier molecular flexibility index (Phi) is 5.58. The Labute approximate surface area is 162 Å². The van der Waals surface area contributed by atoms with Crippen LogP contribution in [0, 0.1) is 13.8 Å². The Morgan fingerprint density at radius 1 is 1.11 bits per heavy atom. The van der Waals surface area contributed by atoms with Crippen molar-refractivity contribution in [1.29, 1.82) is 0 Å². The Morgan fingerprint density at radius 3 is 2.39 bits per heavy atom. The molecule has 1 aromatic carbocycles. The third kappa shape index (κ3) is 4.10. The highest BCUT2D eigenvalue weighted by Gasteiger charge is 2.31. The van der Waals surface area contributed by atoms with E-state index in [-0.39, 0.29) is 11.7 Å². The maximum Gasteiger partial charge on any atom is 0.416 e. The molecule has 28 heavy (non-hydrogen) atoms. The first-order chi connectivity index (χ1) is 13.2. The van der Waals surface area contributed by atoms with E-state index in [1.54, 1.807) is 6.07 Å². The van der Waals surface area contributed by atoms with Gasteiger partial charge in [-0.1, -0.05) is 19.1 Å². The summed E-state index contributed by atoms with van der Waals surface area (Å²) in [5, 5.41) is 0. The van der Waals surface area contributed by atoms with Crippen molar-refractivity contribution >= 4 is 11.7 Å².